The molecule has 0 radical (unpaired) electrons. The van der Waals surface area contributed by atoms with Gasteiger partial charge in [-0.2, -0.15) is 0 Å². The lowest BCUT2D eigenvalue weighted by Gasteiger charge is -2.18. The molecule has 3 N–H and O–H groups in total. The number of hydrogen-bond donors (Lipinski definition) is 2. The average molecular weight is 261 g/mol. The van der Waals surface area contributed by atoms with Gasteiger partial charge in [0.05, 0.1) is 0 Å². The summed E-state index contributed by atoms with van der Waals surface area (Å²) in [6, 6.07) is 5.74. The quantitative estimate of drug-likeness (QED) is 0.629. The summed E-state index contributed by atoms with van der Waals surface area (Å²) in [6.45, 7) is 4.34. The van der Waals surface area contributed by atoms with Gasteiger partial charge < -0.3 is 0 Å². The van der Waals surface area contributed by atoms with Gasteiger partial charge in [-0.25, -0.2) is 0 Å². The van der Waals surface area contributed by atoms with Crippen molar-refractivity contribution in [3.05, 3.63) is 33.8 Å². The third-order valence-electron chi connectivity index (χ3n) is 2.47. The Balaban J connectivity index is 2.73. The monoisotopic (exact) mass is 260 g/mol. The van der Waals surface area contributed by atoms with Crippen molar-refractivity contribution in [2.75, 3.05) is 0 Å². The zero-order chi connectivity index (χ0) is 12.1. The molecule has 0 heterocycles. The molecule has 1 aromatic rings. The zero-order valence-electron chi connectivity index (χ0n) is 9.63. The van der Waals surface area contributed by atoms with Gasteiger partial charge in [0, 0.05) is 16.1 Å². The van der Waals surface area contributed by atoms with Gasteiger partial charge in [0.2, 0.25) is 0 Å². The summed E-state index contributed by atoms with van der Waals surface area (Å²) in [4.78, 5) is 0. The molecule has 0 aliphatic rings. The van der Waals surface area contributed by atoms with Crippen molar-refractivity contribution < 1.29 is 0 Å². The summed E-state index contributed by atoms with van der Waals surface area (Å²) < 4.78 is 0. The molecule has 1 atom stereocenters. The molecular formula is C12H18Cl2N2. The lowest BCUT2D eigenvalue weighted by molar-refractivity contribution is 0.423. The Morgan fingerprint density at radius 2 is 2.00 bits per heavy atom. The van der Waals surface area contributed by atoms with Crippen molar-refractivity contribution in [3.8, 4) is 0 Å². The van der Waals surface area contributed by atoms with Crippen molar-refractivity contribution in [1.82, 2.24) is 5.43 Å². The molecule has 0 aromatic heterocycles. The SMILES string of the molecule is CC(C)CC(Cc1cc(Cl)ccc1Cl)NN. The van der Waals surface area contributed by atoms with Crippen LogP contribution in [0.2, 0.25) is 10.0 Å². The third-order valence-corrected chi connectivity index (χ3v) is 3.07. The molecule has 1 unspecified atom stereocenters. The number of halogens is 2. The maximum absolute atomic E-state index is 6.11. The molecule has 0 bridgehead atoms. The van der Waals surface area contributed by atoms with Crippen LogP contribution >= 0.6 is 23.2 Å². The fourth-order valence-electron chi connectivity index (χ4n) is 1.74. The summed E-state index contributed by atoms with van der Waals surface area (Å²) in [5.74, 6) is 6.13. The van der Waals surface area contributed by atoms with Crippen molar-refractivity contribution >= 4 is 23.2 Å². The second-order valence-electron chi connectivity index (χ2n) is 4.43. The summed E-state index contributed by atoms with van der Waals surface area (Å²) in [7, 11) is 0. The molecule has 0 fully saturated rings. The van der Waals surface area contributed by atoms with E-state index in [4.69, 9.17) is 29.0 Å². The number of rotatable bonds is 5. The van der Waals surface area contributed by atoms with E-state index < -0.39 is 0 Å². The van der Waals surface area contributed by atoms with Crippen LogP contribution in [0.25, 0.3) is 0 Å². The van der Waals surface area contributed by atoms with E-state index >= 15 is 0 Å². The standard InChI is InChI=1S/C12H18Cl2N2/c1-8(2)5-11(16-15)7-9-6-10(13)3-4-12(9)14/h3-4,6,8,11,16H,5,7,15H2,1-2H3. The Morgan fingerprint density at radius 3 is 2.56 bits per heavy atom. The number of benzene rings is 1. The van der Waals surface area contributed by atoms with E-state index in [2.05, 4.69) is 19.3 Å². The molecule has 2 nitrogen and oxygen atoms in total. The smallest absolute Gasteiger partial charge is 0.0439 e. The molecular weight excluding hydrogens is 243 g/mol. The Labute approximate surface area is 107 Å². The Morgan fingerprint density at radius 1 is 1.31 bits per heavy atom. The fraction of sp³-hybridized carbons (Fsp3) is 0.500. The molecule has 90 valence electrons. The highest BCUT2D eigenvalue weighted by Gasteiger charge is 2.12. The topological polar surface area (TPSA) is 38.0 Å². The van der Waals surface area contributed by atoms with Crippen molar-refractivity contribution in [2.24, 2.45) is 11.8 Å². The van der Waals surface area contributed by atoms with E-state index in [1.165, 1.54) is 0 Å². The van der Waals surface area contributed by atoms with Crippen molar-refractivity contribution in [2.45, 2.75) is 32.7 Å². The summed E-state index contributed by atoms with van der Waals surface area (Å²) in [5, 5.41) is 1.45. The first kappa shape index (κ1) is 13.8. The summed E-state index contributed by atoms with van der Waals surface area (Å²) in [5.41, 5.74) is 3.87. The number of hydrazine groups is 1. The molecule has 0 aliphatic carbocycles. The predicted octanol–water partition coefficient (Wildman–Crippen LogP) is 3.41. The first-order chi connectivity index (χ1) is 7.52. The Kier molecular flexibility index (Phi) is 5.56. The van der Waals surface area contributed by atoms with Gasteiger partial charge in [0.1, 0.15) is 0 Å². The van der Waals surface area contributed by atoms with Crippen LogP contribution in [0.3, 0.4) is 0 Å². The van der Waals surface area contributed by atoms with E-state index in [1.807, 2.05) is 12.1 Å². The first-order valence-electron chi connectivity index (χ1n) is 5.43. The van der Waals surface area contributed by atoms with Gasteiger partial charge in [-0.05, 0) is 42.5 Å². The summed E-state index contributed by atoms with van der Waals surface area (Å²) >= 11 is 12.0. The molecule has 1 rings (SSSR count). The minimum Gasteiger partial charge on any atom is -0.271 e. The highest BCUT2D eigenvalue weighted by Crippen LogP contribution is 2.23. The van der Waals surface area contributed by atoms with Gasteiger partial charge in [-0.1, -0.05) is 37.0 Å². The highest BCUT2D eigenvalue weighted by atomic mass is 35.5. The minimum atomic E-state index is 0.232. The van der Waals surface area contributed by atoms with E-state index in [0.29, 0.717) is 10.9 Å². The number of hydrogen-bond acceptors (Lipinski definition) is 2. The first-order valence-corrected chi connectivity index (χ1v) is 6.18. The molecule has 0 aliphatic heterocycles. The molecule has 0 amide bonds. The molecule has 0 spiro atoms. The largest absolute Gasteiger partial charge is 0.271 e. The van der Waals surface area contributed by atoms with Gasteiger partial charge in [-0.15, -0.1) is 0 Å². The molecule has 0 saturated heterocycles. The van der Waals surface area contributed by atoms with Crippen LogP contribution in [0.1, 0.15) is 25.8 Å². The van der Waals surface area contributed by atoms with Crippen LogP contribution < -0.4 is 11.3 Å². The van der Waals surface area contributed by atoms with Crippen LogP contribution in [-0.2, 0) is 6.42 Å². The third kappa shape index (κ3) is 4.30. The molecule has 1 aromatic carbocycles. The van der Waals surface area contributed by atoms with E-state index in [9.17, 15) is 0 Å². The van der Waals surface area contributed by atoms with Gasteiger partial charge in [0.25, 0.3) is 0 Å². The van der Waals surface area contributed by atoms with Crippen molar-refractivity contribution in [3.63, 3.8) is 0 Å². The Hall–Kier alpha value is -0.280. The van der Waals surface area contributed by atoms with Gasteiger partial charge in [-0.3, -0.25) is 11.3 Å². The number of nitrogens with two attached hydrogens (primary N) is 1. The zero-order valence-corrected chi connectivity index (χ0v) is 11.1. The van der Waals surface area contributed by atoms with Crippen LogP contribution in [0.4, 0.5) is 0 Å². The average Bonchev–Trinajstić information content (AvgIpc) is 2.21. The predicted molar refractivity (Wildman–Crippen MR) is 70.7 cm³/mol. The van der Waals surface area contributed by atoms with E-state index in [0.717, 1.165) is 23.4 Å². The summed E-state index contributed by atoms with van der Waals surface area (Å²) in [6.07, 6.45) is 1.81. The fourth-order valence-corrected chi connectivity index (χ4v) is 2.13. The lowest BCUT2D eigenvalue weighted by Crippen LogP contribution is -2.37. The maximum atomic E-state index is 6.11. The minimum absolute atomic E-state index is 0.232. The van der Waals surface area contributed by atoms with Gasteiger partial charge >= 0.3 is 0 Å². The maximum Gasteiger partial charge on any atom is 0.0439 e. The van der Waals surface area contributed by atoms with E-state index in [-0.39, 0.29) is 6.04 Å². The van der Waals surface area contributed by atoms with Crippen LogP contribution in [-0.4, -0.2) is 6.04 Å². The van der Waals surface area contributed by atoms with Crippen molar-refractivity contribution in [1.29, 1.82) is 0 Å². The molecule has 16 heavy (non-hydrogen) atoms. The van der Waals surface area contributed by atoms with Crippen LogP contribution in [0.5, 0.6) is 0 Å². The lowest BCUT2D eigenvalue weighted by atomic mass is 9.98. The van der Waals surface area contributed by atoms with Crippen LogP contribution in [0, 0.1) is 5.92 Å². The number of nitrogens with one attached hydrogen (secondary N) is 1. The van der Waals surface area contributed by atoms with Crippen LogP contribution in [0.15, 0.2) is 18.2 Å². The Bertz CT molecular complexity index is 340. The second-order valence-corrected chi connectivity index (χ2v) is 5.28. The van der Waals surface area contributed by atoms with E-state index in [1.54, 1.807) is 6.07 Å². The molecule has 0 saturated carbocycles. The highest BCUT2D eigenvalue weighted by molar-refractivity contribution is 6.33. The normalized spacial score (nSPS) is 13.1. The second kappa shape index (κ2) is 6.45. The van der Waals surface area contributed by atoms with Gasteiger partial charge in [0.15, 0.2) is 0 Å². The molecule has 4 heteroatoms.